The second kappa shape index (κ2) is 8.69. The Labute approximate surface area is 159 Å². The summed E-state index contributed by atoms with van der Waals surface area (Å²) in [7, 11) is 0. The summed E-state index contributed by atoms with van der Waals surface area (Å²) in [5.74, 6) is 1.65. The molecule has 2 fully saturated rings. The van der Waals surface area contributed by atoms with Gasteiger partial charge < -0.3 is 4.90 Å². The Bertz CT molecular complexity index is 578. The van der Waals surface area contributed by atoms with Gasteiger partial charge in [-0.15, -0.1) is 0 Å². The lowest BCUT2D eigenvalue weighted by Gasteiger charge is -2.40. The van der Waals surface area contributed by atoms with Crippen molar-refractivity contribution in [1.29, 1.82) is 0 Å². The zero-order chi connectivity index (χ0) is 18.7. The van der Waals surface area contributed by atoms with Gasteiger partial charge in [0.1, 0.15) is 5.78 Å². The van der Waals surface area contributed by atoms with Crippen molar-refractivity contribution in [3.63, 3.8) is 0 Å². The Hall–Kier alpha value is -1.16. The average Bonchev–Trinajstić information content (AvgIpc) is 3.17. The predicted molar refractivity (Wildman–Crippen MR) is 106 cm³/mol. The molecule has 0 amide bonds. The van der Waals surface area contributed by atoms with Crippen LogP contribution in [0.1, 0.15) is 90.2 Å². The van der Waals surface area contributed by atoms with Gasteiger partial charge in [0.15, 0.2) is 0 Å². The number of aromatic nitrogens is 2. The molecule has 1 saturated heterocycles. The Morgan fingerprint density at radius 1 is 1.08 bits per heavy atom. The van der Waals surface area contributed by atoms with Gasteiger partial charge in [-0.2, -0.15) is 5.10 Å². The molecule has 1 saturated carbocycles. The number of hydrogen-bond acceptors (Lipinski definition) is 3. The van der Waals surface area contributed by atoms with Crippen molar-refractivity contribution in [2.45, 2.75) is 90.6 Å². The monoisotopic (exact) mass is 359 g/mol. The molecule has 4 nitrogen and oxygen atoms in total. The molecule has 146 valence electrons. The number of carbonyl (C=O) groups is 1. The number of hydrogen-bond donors (Lipinski definition) is 0. The lowest BCUT2D eigenvalue weighted by Crippen LogP contribution is -2.44. The second-order valence-electron chi connectivity index (χ2n) is 8.89. The van der Waals surface area contributed by atoms with E-state index in [1.807, 2.05) is 6.20 Å². The highest BCUT2D eigenvalue weighted by molar-refractivity contribution is 5.83. The molecule has 0 radical (unpaired) electrons. The third-order valence-corrected chi connectivity index (χ3v) is 6.87. The van der Waals surface area contributed by atoms with Crippen LogP contribution in [-0.4, -0.2) is 39.6 Å². The van der Waals surface area contributed by atoms with E-state index in [4.69, 9.17) is 0 Å². The fourth-order valence-electron chi connectivity index (χ4n) is 4.70. The number of rotatable bonds is 6. The predicted octanol–water partition coefficient (Wildman–Crippen LogP) is 4.82. The number of nitrogens with zero attached hydrogens (tertiary/aromatic N) is 3. The third kappa shape index (κ3) is 4.39. The number of carbonyl (C=O) groups excluding carboxylic acids is 1. The zero-order valence-electron chi connectivity index (χ0n) is 17.2. The van der Waals surface area contributed by atoms with Gasteiger partial charge in [-0.3, -0.25) is 9.48 Å². The van der Waals surface area contributed by atoms with Crippen molar-refractivity contribution >= 4 is 5.78 Å². The van der Waals surface area contributed by atoms with Gasteiger partial charge in [0.25, 0.3) is 0 Å². The molecule has 4 heteroatoms. The highest BCUT2D eigenvalue weighted by Gasteiger charge is 2.32. The van der Waals surface area contributed by atoms with Gasteiger partial charge in [0.2, 0.25) is 0 Å². The molecule has 0 bridgehead atoms. The number of Topliss-reactive ketones (excluding diaryl/α,β-unsaturated/α-hetero) is 1. The molecule has 26 heavy (non-hydrogen) atoms. The summed E-state index contributed by atoms with van der Waals surface area (Å²) in [6.07, 6.45) is 12.3. The molecule has 0 aromatic carbocycles. The van der Waals surface area contributed by atoms with Crippen LogP contribution in [0, 0.1) is 11.8 Å². The van der Waals surface area contributed by atoms with Crippen LogP contribution in [0.2, 0.25) is 0 Å². The van der Waals surface area contributed by atoms with E-state index in [0.717, 1.165) is 19.3 Å². The molecule has 2 heterocycles. The zero-order valence-corrected chi connectivity index (χ0v) is 17.2. The standard InChI is InChI=1S/C22H37N3O/c1-5-17(4)22(26)18-6-8-20(9-7-18)24-12-10-21(11-13-24)25-15-19(14-23-25)16(2)3/h14-18,20-21H,5-13H2,1-4H3/t17?,18-,20-. The van der Waals surface area contributed by atoms with E-state index in [-0.39, 0.29) is 5.92 Å². The van der Waals surface area contributed by atoms with E-state index in [2.05, 4.69) is 48.6 Å². The topological polar surface area (TPSA) is 38.1 Å². The normalized spacial score (nSPS) is 27.0. The summed E-state index contributed by atoms with van der Waals surface area (Å²) in [6.45, 7) is 11.0. The maximum Gasteiger partial charge on any atom is 0.138 e. The summed E-state index contributed by atoms with van der Waals surface area (Å²) < 4.78 is 2.20. The Kier molecular flexibility index (Phi) is 6.55. The highest BCUT2D eigenvalue weighted by Crippen LogP contribution is 2.33. The number of piperidine rings is 1. The molecule has 1 aliphatic carbocycles. The van der Waals surface area contributed by atoms with Crippen molar-refractivity contribution in [2.75, 3.05) is 13.1 Å². The van der Waals surface area contributed by atoms with Crippen LogP contribution >= 0.6 is 0 Å². The minimum absolute atomic E-state index is 0.247. The summed E-state index contributed by atoms with van der Waals surface area (Å²) in [5, 5.41) is 4.61. The first-order valence-corrected chi connectivity index (χ1v) is 10.8. The lowest BCUT2D eigenvalue weighted by molar-refractivity contribution is -0.127. The van der Waals surface area contributed by atoms with E-state index in [0.29, 0.717) is 29.7 Å². The molecule has 1 unspecified atom stereocenters. The van der Waals surface area contributed by atoms with Gasteiger partial charge in [-0.05, 0) is 56.4 Å². The molecular weight excluding hydrogens is 322 g/mol. The van der Waals surface area contributed by atoms with Gasteiger partial charge in [-0.25, -0.2) is 0 Å². The Morgan fingerprint density at radius 3 is 2.27 bits per heavy atom. The van der Waals surface area contributed by atoms with Gasteiger partial charge in [0, 0.05) is 37.2 Å². The van der Waals surface area contributed by atoms with E-state index in [1.165, 1.54) is 44.3 Å². The molecule has 0 N–H and O–H groups in total. The summed E-state index contributed by atoms with van der Waals surface area (Å²) >= 11 is 0. The lowest BCUT2D eigenvalue weighted by atomic mass is 9.79. The van der Waals surface area contributed by atoms with E-state index in [1.54, 1.807) is 0 Å². The van der Waals surface area contributed by atoms with Crippen molar-refractivity contribution < 1.29 is 4.79 Å². The molecule has 1 atom stereocenters. The minimum Gasteiger partial charge on any atom is -0.300 e. The van der Waals surface area contributed by atoms with E-state index in [9.17, 15) is 4.79 Å². The molecule has 1 aliphatic heterocycles. The van der Waals surface area contributed by atoms with Crippen LogP contribution in [-0.2, 0) is 4.79 Å². The summed E-state index contributed by atoms with van der Waals surface area (Å²) in [5.41, 5.74) is 1.34. The van der Waals surface area contributed by atoms with E-state index < -0.39 is 0 Å². The maximum atomic E-state index is 12.4. The van der Waals surface area contributed by atoms with Crippen LogP contribution in [0.5, 0.6) is 0 Å². The van der Waals surface area contributed by atoms with Crippen molar-refractivity contribution in [1.82, 2.24) is 14.7 Å². The first-order chi connectivity index (χ1) is 12.5. The molecule has 0 spiro atoms. The maximum absolute atomic E-state index is 12.4. The summed E-state index contributed by atoms with van der Waals surface area (Å²) in [6, 6.07) is 1.25. The first kappa shape index (κ1) is 19.6. The van der Waals surface area contributed by atoms with Crippen LogP contribution in [0.4, 0.5) is 0 Å². The van der Waals surface area contributed by atoms with Gasteiger partial charge in [-0.1, -0.05) is 27.7 Å². The molecule has 3 rings (SSSR count). The number of ketones is 1. The molecule has 1 aromatic heterocycles. The average molecular weight is 360 g/mol. The fraction of sp³-hybridized carbons (Fsp3) is 0.818. The minimum atomic E-state index is 0.247. The van der Waals surface area contributed by atoms with Crippen molar-refractivity contribution in [2.24, 2.45) is 11.8 Å². The largest absolute Gasteiger partial charge is 0.300 e. The van der Waals surface area contributed by atoms with E-state index >= 15 is 0 Å². The molecular formula is C22H37N3O. The number of likely N-dealkylation sites (tertiary alicyclic amines) is 1. The Balaban J connectivity index is 1.46. The van der Waals surface area contributed by atoms with Crippen LogP contribution in [0.3, 0.4) is 0 Å². The molecule has 1 aromatic rings. The Morgan fingerprint density at radius 2 is 1.73 bits per heavy atom. The van der Waals surface area contributed by atoms with Gasteiger partial charge >= 0.3 is 0 Å². The highest BCUT2D eigenvalue weighted by atomic mass is 16.1. The first-order valence-electron chi connectivity index (χ1n) is 10.8. The van der Waals surface area contributed by atoms with Crippen molar-refractivity contribution in [3.05, 3.63) is 18.0 Å². The van der Waals surface area contributed by atoms with Crippen molar-refractivity contribution in [3.8, 4) is 0 Å². The third-order valence-electron chi connectivity index (χ3n) is 6.87. The summed E-state index contributed by atoms with van der Waals surface area (Å²) in [4.78, 5) is 15.1. The quantitative estimate of drug-likeness (QED) is 0.731. The SMILES string of the molecule is CCC(C)C(=O)[C@H]1CC[C@H](N2CCC(n3cc(C(C)C)cn3)CC2)CC1. The van der Waals surface area contributed by atoms with Gasteiger partial charge in [0.05, 0.1) is 12.2 Å². The molecule has 2 aliphatic rings. The van der Waals surface area contributed by atoms with Crippen LogP contribution in [0.25, 0.3) is 0 Å². The van der Waals surface area contributed by atoms with Crippen LogP contribution < -0.4 is 0 Å². The van der Waals surface area contributed by atoms with Crippen LogP contribution in [0.15, 0.2) is 12.4 Å². The smallest absolute Gasteiger partial charge is 0.138 e. The second-order valence-corrected chi connectivity index (χ2v) is 8.89. The fourth-order valence-corrected chi connectivity index (χ4v) is 4.70.